The third kappa shape index (κ3) is 5.95. The van der Waals surface area contributed by atoms with Crippen LogP contribution in [0.2, 0.25) is 0 Å². The molecule has 0 aromatic carbocycles. The van der Waals surface area contributed by atoms with Gasteiger partial charge in [0, 0.05) is 22.6 Å². The van der Waals surface area contributed by atoms with Crippen LogP contribution in [0.4, 0.5) is 0 Å². The molecule has 13 heteroatoms. The maximum atomic E-state index is 12.9. The second-order valence-electron chi connectivity index (χ2n) is 8.14. The summed E-state index contributed by atoms with van der Waals surface area (Å²) in [5, 5.41) is 12.9. The lowest BCUT2D eigenvalue weighted by atomic mass is 9.93. The molecule has 1 aromatic rings. The van der Waals surface area contributed by atoms with Gasteiger partial charge in [-0.1, -0.05) is 6.07 Å². The Bertz CT molecular complexity index is 1100. The average Bonchev–Trinajstić information content (AvgIpc) is 3.31. The molecular weight excluding hydrogens is 512 g/mol. The Morgan fingerprint density at radius 3 is 2.47 bits per heavy atom. The molecule has 0 spiro atoms. The van der Waals surface area contributed by atoms with Gasteiger partial charge in [0.1, 0.15) is 35.4 Å². The van der Waals surface area contributed by atoms with Crippen LogP contribution in [-0.2, 0) is 44.7 Å². The second-order valence-corrected chi connectivity index (χ2v) is 10.5. The molecule has 1 saturated heterocycles. The Kier molecular flexibility index (Phi) is 8.90. The molecule has 2 amide bonds. The van der Waals surface area contributed by atoms with Gasteiger partial charge in [0.25, 0.3) is 5.91 Å². The van der Waals surface area contributed by atoms with Gasteiger partial charge in [-0.25, -0.2) is 4.79 Å². The van der Waals surface area contributed by atoms with Crippen LogP contribution < -0.4 is 5.32 Å². The summed E-state index contributed by atoms with van der Waals surface area (Å²) in [7, 11) is 0. The average molecular weight is 539 g/mol. The number of fused-ring (bicyclic) bond motifs is 1. The number of Topliss-reactive ketones (excluding diaryl/α,β-unsaturated/α-hetero) is 1. The highest BCUT2D eigenvalue weighted by Crippen LogP contribution is 2.46. The number of thioether (sulfide) groups is 1. The number of ketones is 1. The summed E-state index contributed by atoms with van der Waals surface area (Å²) >= 11 is 2.52. The first kappa shape index (κ1) is 27.4. The Morgan fingerprint density at radius 2 is 1.92 bits per heavy atom. The zero-order valence-electron chi connectivity index (χ0n) is 19.8. The number of thiophene rings is 1. The van der Waals surface area contributed by atoms with Crippen molar-refractivity contribution < 1.29 is 43.3 Å². The van der Waals surface area contributed by atoms with Crippen LogP contribution >= 0.6 is 23.1 Å². The summed E-state index contributed by atoms with van der Waals surface area (Å²) in [5.74, 6) is -5.50. The van der Waals surface area contributed by atoms with Crippen LogP contribution in [0.3, 0.4) is 0 Å². The van der Waals surface area contributed by atoms with E-state index in [0.717, 1.165) is 28.5 Å². The maximum Gasteiger partial charge on any atom is 0.352 e. The molecule has 1 fully saturated rings. The quantitative estimate of drug-likeness (QED) is 0.238. The molecule has 36 heavy (non-hydrogen) atoms. The summed E-state index contributed by atoms with van der Waals surface area (Å²) in [5.41, 5.74) is -0.295. The van der Waals surface area contributed by atoms with E-state index in [4.69, 9.17) is 9.47 Å². The van der Waals surface area contributed by atoms with E-state index in [9.17, 15) is 33.9 Å². The Labute approximate surface area is 215 Å². The third-order valence-corrected chi connectivity index (χ3v) is 8.10. The summed E-state index contributed by atoms with van der Waals surface area (Å²) in [6, 6.07) is 2.59. The third-order valence-electron chi connectivity index (χ3n) is 5.66. The molecule has 2 aliphatic rings. The lowest BCUT2D eigenvalue weighted by Gasteiger charge is -2.51. The first-order valence-electron chi connectivity index (χ1n) is 11.1. The number of carbonyl (C=O) groups is 6. The van der Waals surface area contributed by atoms with E-state index in [-0.39, 0.29) is 30.7 Å². The van der Waals surface area contributed by atoms with Gasteiger partial charge < -0.3 is 19.9 Å². The molecule has 3 unspecified atom stereocenters. The summed E-state index contributed by atoms with van der Waals surface area (Å²) < 4.78 is 10.1. The topological polar surface area (TPSA) is 156 Å². The van der Waals surface area contributed by atoms with Crippen LogP contribution in [0.5, 0.6) is 0 Å². The summed E-state index contributed by atoms with van der Waals surface area (Å²) in [4.78, 5) is 75.7. The molecule has 11 nitrogen and oxygen atoms in total. The largest absolute Gasteiger partial charge is 0.477 e. The molecule has 2 N–H and O–H groups in total. The Hall–Kier alpha value is -3.19. The minimum absolute atomic E-state index is 0.0557. The minimum Gasteiger partial charge on any atom is -0.477 e. The van der Waals surface area contributed by atoms with Gasteiger partial charge >= 0.3 is 17.9 Å². The number of carboxylic acids is 1. The molecule has 0 radical (unpaired) electrons. The van der Waals surface area contributed by atoms with Crippen LogP contribution in [0.1, 0.15) is 32.1 Å². The van der Waals surface area contributed by atoms with Gasteiger partial charge in [0.05, 0.1) is 13.0 Å². The van der Waals surface area contributed by atoms with Crippen molar-refractivity contribution in [2.45, 2.75) is 50.3 Å². The van der Waals surface area contributed by atoms with Gasteiger partial charge in [0.2, 0.25) is 5.91 Å². The highest BCUT2D eigenvalue weighted by molar-refractivity contribution is 8.00. The molecule has 0 aliphatic carbocycles. The fourth-order valence-electron chi connectivity index (χ4n) is 3.99. The van der Waals surface area contributed by atoms with E-state index < -0.39 is 64.7 Å². The highest BCUT2D eigenvalue weighted by atomic mass is 32.2. The standard InChI is InChI=1S/C23H26N2O9S2/c1-4-33-23(32)14(11(2)26)9-16-15(10-34-12(3)27)19(22(30)31)25-20(29)18(21(25)36-16)24-17(28)8-13-6-5-7-35-13/h5-7,14,16,18,21H,4,8-10H2,1-3H3,(H,24,28)(H,30,31)/t14?,16?,18?,21-/m1/s1. The molecule has 194 valence electrons. The van der Waals surface area contributed by atoms with Crippen molar-refractivity contribution in [2.75, 3.05) is 13.2 Å². The second kappa shape index (κ2) is 11.7. The van der Waals surface area contributed by atoms with Crippen molar-refractivity contribution in [3.63, 3.8) is 0 Å². The van der Waals surface area contributed by atoms with E-state index in [0.29, 0.717) is 0 Å². The number of amides is 2. The number of β-lactam (4-membered cyclic amide) rings is 1. The Morgan fingerprint density at radius 1 is 1.19 bits per heavy atom. The van der Waals surface area contributed by atoms with Gasteiger partial charge in [-0.15, -0.1) is 23.1 Å². The molecular formula is C23H26N2O9S2. The summed E-state index contributed by atoms with van der Waals surface area (Å²) in [6.45, 7) is 3.60. The SMILES string of the molecule is CCOC(=O)C(CC1S[C@@H]2C(NC(=O)Cc3cccs3)C(=O)N2C(C(=O)O)=C1COC(C)=O)C(C)=O. The van der Waals surface area contributed by atoms with Crippen LogP contribution in [0, 0.1) is 5.92 Å². The van der Waals surface area contributed by atoms with Crippen molar-refractivity contribution in [1.82, 2.24) is 10.2 Å². The molecule has 4 atom stereocenters. The predicted octanol–water partition coefficient (Wildman–Crippen LogP) is 1.12. The van der Waals surface area contributed by atoms with Gasteiger partial charge in [-0.2, -0.15) is 0 Å². The minimum atomic E-state index is -1.43. The summed E-state index contributed by atoms with van der Waals surface area (Å²) in [6.07, 6.45) is -0.0581. The molecule has 0 saturated carbocycles. The van der Waals surface area contributed by atoms with Gasteiger partial charge in [-0.05, 0) is 31.7 Å². The van der Waals surface area contributed by atoms with Crippen molar-refractivity contribution in [3.8, 4) is 0 Å². The molecule has 1 aromatic heterocycles. The first-order valence-corrected chi connectivity index (χ1v) is 12.9. The smallest absolute Gasteiger partial charge is 0.352 e. The highest BCUT2D eigenvalue weighted by Gasteiger charge is 2.56. The number of esters is 2. The zero-order chi connectivity index (χ0) is 26.6. The van der Waals surface area contributed by atoms with Crippen LogP contribution in [-0.4, -0.2) is 75.4 Å². The fourth-order valence-corrected chi connectivity index (χ4v) is 6.35. The van der Waals surface area contributed by atoms with Crippen molar-refractivity contribution in [2.24, 2.45) is 5.92 Å². The number of hydrogen-bond donors (Lipinski definition) is 2. The lowest BCUT2D eigenvalue weighted by Crippen LogP contribution is -2.71. The molecule has 0 bridgehead atoms. The lowest BCUT2D eigenvalue weighted by molar-refractivity contribution is -0.152. The van der Waals surface area contributed by atoms with Gasteiger partial charge in [0.15, 0.2) is 0 Å². The number of ether oxygens (including phenoxy) is 2. The fraction of sp³-hybridized carbons (Fsp3) is 0.478. The first-order chi connectivity index (χ1) is 17.0. The number of nitrogens with zero attached hydrogens (tertiary/aromatic N) is 1. The maximum absolute atomic E-state index is 12.9. The zero-order valence-corrected chi connectivity index (χ0v) is 21.5. The molecule has 3 rings (SSSR count). The van der Waals surface area contributed by atoms with E-state index in [2.05, 4.69) is 5.32 Å². The van der Waals surface area contributed by atoms with E-state index in [1.807, 2.05) is 5.38 Å². The number of carbonyl (C=O) groups excluding carboxylic acids is 5. The van der Waals surface area contributed by atoms with Crippen molar-refractivity contribution in [1.29, 1.82) is 0 Å². The number of aliphatic carboxylic acids is 1. The Balaban J connectivity index is 1.91. The number of nitrogens with one attached hydrogen (secondary N) is 1. The van der Waals surface area contributed by atoms with Crippen molar-refractivity contribution in [3.05, 3.63) is 33.7 Å². The van der Waals surface area contributed by atoms with E-state index in [1.54, 1.807) is 19.1 Å². The van der Waals surface area contributed by atoms with E-state index >= 15 is 0 Å². The molecule has 2 aliphatic heterocycles. The van der Waals surface area contributed by atoms with Crippen LogP contribution in [0.15, 0.2) is 28.8 Å². The monoisotopic (exact) mass is 538 g/mol. The number of carboxylic acid groups (broad SMARTS) is 1. The normalized spacial score (nSPS) is 21.7. The van der Waals surface area contributed by atoms with Crippen molar-refractivity contribution >= 4 is 58.6 Å². The van der Waals surface area contributed by atoms with E-state index in [1.165, 1.54) is 18.3 Å². The van der Waals surface area contributed by atoms with Gasteiger partial charge in [-0.3, -0.25) is 28.9 Å². The number of hydrogen-bond acceptors (Lipinski definition) is 10. The molecule has 3 heterocycles. The van der Waals surface area contributed by atoms with Crippen LogP contribution in [0.25, 0.3) is 0 Å². The number of rotatable bonds is 11. The predicted molar refractivity (Wildman–Crippen MR) is 129 cm³/mol.